The van der Waals surface area contributed by atoms with E-state index in [-0.39, 0.29) is 11.7 Å². The molecular formula is C19H17FN2O2S. The summed E-state index contributed by atoms with van der Waals surface area (Å²) < 4.78 is 18.5. The number of carbonyl (C=O) groups is 1. The van der Waals surface area contributed by atoms with Crippen LogP contribution in [0.25, 0.3) is 6.08 Å². The molecule has 1 heterocycles. The highest BCUT2D eigenvalue weighted by Gasteiger charge is 2.36. The fourth-order valence-electron chi connectivity index (χ4n) is 2.56. The largest absolute Gasteiger partial charge is 0.494 e. The Labute approximate surface area is 151 Å². The maximum absolute atomic E-state index is 13.0. The summed E-state index contributed by atoms with van der Waals surface area (Å²) in [7, 11) is 1.74. The number of nitrogens with zero attached hydrogens (tertiary/aromatic N) is 2. The zero-order valence-electron chi connectivity index (χ0n) is 13.9. The number of rotatable bonds is 4. The molecule has 0 unspecified atom stereocenters. The van der Waals surface area contributed by atoms with Gasteiger partial charge >= 0.3 is 0 Å². The highest BCUT2D eigenvalue weighted by molar-refractivity contribution is 7.80. The molecule has 6 heteroatoms. The molecule has 0 aromatic heterocycles. The fourth-order valence-corrected chi connectivity index (χ4v) is 2.85. The minimum absolute atomic E-state index is 0.221. The van der Waals surface area contributed by atoms with Crippen LogP contribution in [0.1, 0.15) is 12.5 Å². The molecule has 0 spiro atoms. The van der Waals surface area contributed by atoms with Gasteiger partial charge in [-0.1, -0.05) is 12.1 Å². The summed E-state index contributed by atoms with van der Waals surface area (Å²) in [6.45, 7) is 2.49. The number of hydrogen-bond donors (Lipinski definition) is 0. The average molecular weight is 356 g/mol. The van der Waals surface area contributed by atoms with E-state index in [9.17, 15) is 9.18 Å². The summed E-state index contributed by atoms with van der Waals surface area (Å²) in [5.74, 6) is 0.194. The Hall–Kier alpha value is -2.73. The van der Waals surface area contributed by atoms with E-state index in [0.29, 0.717) is 23.1 Å². The molecule has 1 amide bonds. The number of carbonyl (C=O) groups excluding carboxylic acids is 1. The summed E-state index contributed by atoms with van der Waals surface area (Å²) in [5, 5.41) is 0.391. The van der Waals surface area contributed by atoms with Gasteiger partial charge in [-0.05, 0) is 67.2 Å². The minimum Gasteiger partial charge on any atom is -0.494 e. The average Bonchev–Trinajstić information content (AvgIpc) is 2.82. The van der Waals surface area contributed by atoms with Gasteiger partial charge in [0.2, 0.25) is 0 Å². The molecule has 1 fully saturated rings. The van der Waals surface area contributed by atoms with Crippen molar-refractivity contribution < 1.29 is 13.9 Å². The van der Waals surface area contributed by atoms with Gasteiger partial charge in [0.15, 0.2) is 5.11 Å². The van der Waals surface area contributed by atoms with Crippen LogP contribution < -0.4 is 9.64 Å². The van der Waals surface area contributed by atoms with E-state index >= 15 is 0 Å². The predicted molar refractivity (Wildman–Crippen MR) is 99.8 cm³/mol. The Bertz CT molecular complexity index is 832. The molecule has 0 saturated carbocycles. The summed E-state index contributed by atoms with van der Waals surface area (Å²) in [6.07, 6.45) is 1.70. The topological polar surface area (TPSA) is 32.8 Å². The second-order valence-corrected chi connectivity index (χ2v) is 5.86. The van der Waals surface area contributed by atoms with Crippen molar-refractivity contribution in [3.8, 4) is 5.75 Å². The summed E-state index contributed by atoms with van der Waals surface area (Å²) in [4.78, 5) is 16.0. The molecule has 0 atom stereocenters. The van der Waals surface area contributed by atoms with Gasteiger partial charge in [-0.3, -0.25) is 9.69 Å². The molecular weight excluding hydrogens is 339 g/mol. The molecule has 0 N–H and O–H groups in total. The third kappa shape index (κ3) is 3.39. The first-order chi connectivity index (χ1) is 12.0. The van der Waals surface area contributed by atoms with Crippen molar-refractivity contribution in [2.75, 3.05) is 18.6 Å². The Balaban J connectivity index is 1.91. The van der Waals surface area contributed by atoms with E-state index in [1.807, 2.05) is 6.92 Å². The lowest BCUT2D eigenvalue weighted by molar-refractivity contribution is -0.114. The SMILES string of the molecule is CCOc1ccc(N2C(=O)C(=Cc3ccc(F)cc3)N(C)C2=S)cc1. The lowest BCUT2D eigenvalue weighted by Gasteiger charge is -2.16. The number of hydrogen-bond acceptors (Lipinski definition) is 3. The Morgan fingerprint density at radius 3 is 2.36 bits per heavy atom. The van der Waals surface area contributed by atoms with Gasteiger partial charge in [-0.15, -0.1) is 0 Å². The predicted octanol–water partition coefficient (Wildman–Crippen LogP) is 3.83. The zero-order chi connectivity index (χ0) is 18.0. The van der Waals surface area contributed by atoms with Crippen LogP contribution in [0.3, 0.4) is 0 Å². The van der Waals surface area contributed by atoms with Gasteiger partial charge in [-0.2, -0.15) is 0 Å². The lowest BCUT2D eigenvalue weighted by atomic mass is 10.2. The van der Waals surface area contributed by atoms with Crippen LogP contribution in [0.4, 0.5) is 10.1 Å². The monoisotopic (exact) mass is 356 g/mol. The van der Waals surface area contributed by atoms with Gasteiger partial charge in [0, 0.05) is 7.05 Å². The number of ether oxygens (including phenoxy) is 1. The van der Waals surface area contributed by atoms with Crippen LogP contribution in [0.15, 0.2) is 54.2 Å². The molecule has 1 aliphatic heterocycles. The van der Waals surface area contributed by atoms with E-state index in [1.165, 1.54) is 17.0 Å². The molecule has 0 radical (unpaired) electrons. The molecule has 2 aromatic carbocycles. The van der Waals surface area contributed by atoms with Crippen molar-refractivity contribution >= 4 is 35.0 Å². The van der Waals surface area contributed by atoms with Crippen LogP contribution in [0.2, 0.25) is 0 Å². The highest BCUT2D eigenvalue weighted by atomic mass is 32.1. The van der Waals surface area contributed by atoms with Crippen molar-refractivity contribution in [3.63, 3.8) is 0 Å². The van der Waals surface area contributed by atoms with E-state index < -0.39 is 0 Å². The Kier molecular flexibility index (Phi) is 4.81. The molecule has 4 nitrogen and oxygen atoms in total. The number of amides is 1. The summed E-state index contributed by atoms with van der Waals surface area (Å²) in [6, 6.07) is 13.1. The standard InChI is InChI=1S/C19H17FN2O2S/c1-3-24-16-10-8-15(9-11-16)22-18(23)17(21(2)19(22)25)12-13-4-6-14(20)7-5-13/h4-12H,3H2,1-2H3. The van der Waals surface area contributed by atoms with Crippen molar-refractivity contribution in [2.45, 2.75) is 6.92 Å². The first-order valence-electron chi connectivity index (χ1n) is 7.83. The second-order valence-electron chi connectivity index (χ2n) is 5.49. The molecule has 0 bridgehead atoms. The van der Waals surface area contributed by atoms with Crippen LogP contribution in [0, 0.1) is 5.82 Å². The first kappa shape index (κ1) is 17.1. The van der Waals surface area contributed by atoms with Crippen molar-refractivity contribution in [1.82, 2.24) is 4.90 Å². The summed E-state index contributed by atoms with van der Waals surface area (Å²) >= 11 is 5.42. The van der Waals surface area contributed by atoms with E-state index in [4.69, 9.17) is 17.0 Å². The maximum Gasteiger partial charge on any atom is 0.281 e. The normalized spacial score (nSPS) is 16.0. The third-order valence-electron chi connectivity index (χ3n) is 3.84. The zero-order valence-corrected chi connectivity index (χ0v) is 14.7. The fraction of sp³-hybridized carbons (Fsp3) is 0.158. The van der Waals surface area contributed by atoms with E-state index in [1.54, 1.807) is 54.4 Å². The van der Waals surface area contributed by atoms with Gasteiger partial charge in [0.05, 0.1) is 12.3 Å². The number of thiocarbonyl (C=S) groups is 1. The summed E-state index contributed by atoms with van der Waals surface area (Å²) in [5.41, 5.74) is 1.84. The number of likely N-dealkylation sites (N-methyl/N-ethyl adjacent to an activating group) is 1. The molecule has 1 saturated heterocycles. The lowest BCUT2D eigenvalue weighted by Crippen LogP contribution is -2.31. The highest BCUT2D eigenvalue weighted by Crippen LogP contribution is 2.29. The van der Waals surface area contributed by atoms with Gasteiger partial charge < -0.3 is 9.64 Å². The Morgan fingerprint density at radius 2 is 1.76 bits per heavy atom. The minimum atomic E-state index is -0.320. The van der Waals surface area contributed by atoms with Gasteiger partial charge in [0.1, 0.15) is 17.3 Å². The Morgan fingerprint density at radius 1 is 1.12 bits per heavy atom. The number of halogens is 1. The molecule has 25 heavy (non-hydrogen) atoms. The first-order valence-corrected chi connectivity index (χ1v) is 8.24. The third-order valence-corrected chi connectivity index (χ3v) is 4.30. The van der Waals surface area contributed by atoms with Crippen LogP contribution in [-0.4, -0.2) is 29.6 Å². The van der Waals surface area contributed by atoms with E-state index in [0.717, 1.165) is 11.3 Å². The molecule has 0 aliphatic carbocycles. The van der Waals surface area contributed by atoms with Crippen LogP contribution in [-0.2, 0) is 4.79 Å². The number of benzene rings is 2. The molecule has 128 valence electrons. The maximum atomic E-state index is 13.0. The van der Waals surface area contributed by atoms with Gasteiger partial charge in [0.25, 0.3) is 5.91 Å². The number of anilines is 1. The van der Waals surface area contributed by atoms with E-state index in [2.05, 4.69) is 0 Å². The second kappa shape index (κ2) is 7.03. The van der Waals surface area contributed by atoms with Gasteiger partial charge in [-0.25, -0.2) is 4.39 Å². The van der Waals surface area contributed by atoms with Crippen molar-refractivity contribution in [1.29, 1.82) is 0 Å². The quantitative estimate of drug-likeness (QED) is 0.616. The smallest absolute Gasteiger partial charge is 0.281 e. The molecule has 2 aromatic rings. The molecule has 3 rings (SSSR count). The van der Waals surface area contributed by atoms with Crippen molar-refractivity contribution in [2.24, 2.45) is 0 Å². The molecule has 1 aliphatic rings. The van der Waals surface area contributed by atoms with Crippen LogP contribution >= 0.6 is 12.2 Å². The van der Waals surface area contributed by atoms with Crippen molar-refractivity contribution in [3.05, 3.63) is 65.6 Å². The van der Waals surface area contributed by atoms with Crippen LogP contribution in [0.5, 0.6) is 5.75 Å².